The van der Waals surface area contributed by atoms with Crippen LogP contribution in [0.5, 0.6) is 5.75 Å². The Balaban J connectivity index is 0. The van der Waals surface area contributed by atoms with Crippen molar-refractivity contribution in [3.63, 3.8) is 0 Å². The maximum atomic E-state index is 5.51. The van der Waals surface area contributed by atoms with Crippen LogP contribution in [-0.2, 0) is 6.54 Å². The molecule has 0 saturated heterocycles. The monoisotopic (exact) mass is 238 g/mol. The topological polar surface area (TPSA) is 61.3 Å². The average molecular weight is 239 g/mol. The van der Waals surface area contributed by atoms with Crippen LogP contribution in [0.1, 0.15) is 5.56 Å². The predicted molar refractivity (Wildman–Crippen MR) is 63.4 cm³/mol. The fourth-order valence-electron chi connectivity index (χ4n) is 0.982. The maximum Gasteiger partial charge on any atom is 0.123 e. The number of hydrogen-bond donors (Lipinski definition) is 2. The summed E-state index contributed by atoms with van der Waals surface area (Å²) in [5, 5.41) is 0. The van der Waals surface area contributed by atoms with E-state index in [0.717, 1.165) is 11.3 Å². The molecule has 0 spiro atoms. The van der Waals surface area contributed by atoms with Gasteiger partial charge in [0.2, 0.25) is 0 Å². The van der Waals surface area contributed by atoms with E-state index < -0.39 is 0 Å². The van der Waals surface area contributed by atoms with Crippen LogP contribution in [0.2, 0.25) is 0 Å². The summed E-state index contributed by atoms with van der Waals surface area (Å²) in [7, 11) is 0. The summed E-state index contributed by atoms with van der Waals surface area (Å²) < 4.78 is 5.37. The van der Waals surface area contributed by atoms with Gasteiger partial charge < -0.3 is 16.2 Å². The quantitative estimate of drug-likeness (QED) is 0.833. The second-order valence-corrected chi connectivity index (χ2v) is 2.45. The van der Waals surface area contributed by atoms with Crippen LogP contribution in [0.3, 0.4) is 0 Å². The van der Waals surface area contributed by atoms with E-state index in [9.17, 15) is 0 Å². The molecule has 0 aromatic heterocycles. The number of para-hydroxylation sites is 1. The van der Waals surface area contributed by atoms with E-state index in [1.165, 1.54) is 0 Å². The zero-order valence-corrected chi connectivity index (χ0v) is 9.44. The summed E-state index contributed by atoms with van der Waals surface area (Å²) in [6.07, 6.45) is 0. The Hall–Kier alpha value is -0.480. The molecule has 0 fully saturated rings. The molecule has 1 aromatic rings. The van der Waals surface area contributed by atoms with Crippen molar-refractivity contribution in [3.8, 4) is 5.75 Å². The second-order valence-electron chi connectivity index (χ2n) is 2.45. The van der Waals surface area contributed by atoms with E-state index in [2.05, 4.69) is 0 Å². The summed E-state index contributed by atoms with van der Waals surface area (Å²) in [6.45, 7) is 1.57. The van der Waals surface area contributed by atoms with Gasteiger partial charge in [0.1, 0.15) is 12.4 Å². The van der Waals surface area contributed by atoms with Crippen molar-refractivity contribution >= 4 is 24.8 Å². The van der Waals surface area contributed by atoms with Crippen LogP contribution < -0.4 is 16.2 Å². The largest absolute Gasteiger partial charge is 0.492 e. The SMILES string of the molecule is Cl.Cl.NCCOc1ccccc1CN. The Morgan fingerprint density at radius 1 is 1.07 bits per heavy atom. The van der Waals surface area contributed by atoms with Crippen LogP contribution in [0.15, 0.2) is 24.3 Å². The zero-order valence-electron chi connectivity index (χ0n) is 7.81. The van der Waals surface area contributed by atoms with Gasteiger partial charge >= 0.3 is 0 Å². The van der Waals surface area contributed by atoms with Gasteiger partial charge in [-0.25, -0.2) is 0 Å². The third kappa shape index (κ3) is 4.67. The summed E-state index contributed by atoms with van der Waals surface area (Å²) in [5.41, 5.74) is 11.8. The van der Waals surface area contributed by atoms with Gasteiger partial charge in [0.15, 0.2) is 0 Å². The highest BCUT2D eigenvalue weighted by Crippen LogP contribution is 2.16. The Morgan fingerprint density at radius 3 is 2.29 bits per heavy atom. The molecule has 0 atom stereocenters. The lowest BCUT2D eigenvalue weighted by Crippen LogP contribution is -2.12. The summed E-state index contributed by atoms with van der Waals surface area (Å²) in [5.74, 6) is 0.838. The number of halogens is 2. The molecule has 0 unspecified atom stereocenters. The number of benzene rings is 1. The van der Waals surface area contributed by atoms with Crippen molar-refractivity contribution in [1.82, 2.24) is 0 Å². The first-order valence-electron chi connectivity index (χ1n) is 3.99. The van der Waals surface area contributed by atoms with Crippen LogP contribution in [0, 0.1) is 0 Å². The molecule has 0 aliphatic carbocycles. The number of ether oxygens (including phenoxy) is 1. The Morgan fingerprint density at radius 2 is 1.71 bits per heavy atom. The highest BCUT2D eigenvalue weighted by Gasteiger charge is 1.98. The molecule has 5 heteroatoms. The first-order chi connectivity index (χ1) is 5.88. The lowest BCUT2D eigenvalue weighted by molar-refractivity contribution is 0.325. The standard InChI is InChI=1S/C9H14N2O.2ClH/c10-5-6-12-9-4-2-1-3-8(9)7-11;;/h1-4H,5-7,10-11H2;2*1H. The number of hydrogen-bond acceptors (Lipinski definition) is 3. The van der Waals surface area contributed by atoms with Crippen molar-refractivity contribution in [3.05, 3.63) is 29.8 Å². The number of rotatable bonds is 4. The van der Waals surface area contributed by atoms with Crippen molar-refractivity contribution < 1.29 is 4.74 Å². The van der Waals surface area contributed by atoms with E-state index in [4.69, 9.17) is 16.2 Å². The molecule has 0 aliphatic rings. The van der Waals surface area contributed by atoms with E-state index in [-0.39, 0.29) is 24.8 Å². The maximum absolute atomic E-state index is 5.51. The average Bonchev–Trinajstić information content (AvgIpc) is 2.15. The molecule has 1 aromatic carbocycles. The minimum absolute atomic E-state index is 0. The number of nitrogens with two attached hydrogens (primary N) is 2. The Kier molecular flexibility index (Phi) is 10.4. The smallest absolute Gasteiger partial charge is 0.123 e. The molecular weight excluding hydrogens is 223 g/mol. The molecule has 1 rings (SSSR count). The van der Waals surface area contributed by atoms with E-state index in [1.807, 2.05) is 24.3 Å². The lowest BCUT2D eigenvalue weighted by atomic mass is 10.2. The third-order valence-corrected chi connectivity index (χ3v) is 1.57. The fourth-order valence-corrected chi connectivity index (χ4v) is 0.982. The minimum Gasteiger partial charge on any atom is -0.492 e. The molecule has 0 radical (unpaired) electrons. The zero-order chi connectivity index (χ0) is 8.81. The molecule has 0 amide bonds. The summed E-state index contributed by atoms with van der Waals surface area (Å²) >= 11 is 0. The molecule has 82 valence electrons. The van der Waals surface area contributed by atoms with Crippen molar-refractivity contribution in [1.29, 1.82) is 0 Å². The van der Waals surface area contributed by atoms with Crippen LogP contribution in [0.4, 0.5) is 0 Å². The van der Waals surface area contributed by atoms with Crippen LogP contribution in [0.25, 0.3) is 0 Å². The fraction of sp³-hybridized carbons (Fsp3) is 0.333. The molecule has 0 saturated carbocycles. The normalized spacial score (nSPS) is 8.43. The van der Waals surface area contributed by atoms with E-state index in [0.29, 0.717) is 19.7 Å². The second kappa shape index (κ2) is 9.09. The molecule has 4 N–H and O–H groups in total. The van der Waals surface area contributed by atoms with E-state index >= 15 is 0 Å². The summed E-state index contributed by atoms with van der Waals surface area (Å²) in [6, 6.07) is 7.71. The lowest BCUT2D eigenvalue weighted by Gasteiger charge is -2.08. The molecular formula is C9H16Cl2N2O. The van der Waals surface area contributed by atoms with Gasteiger partial charge in [-0.1, -0.05) is 18.2 Å². The highest BCUT2D eigenvalue weighted by atomic mass is 35.5. The van der Waals surface area contributed by atoms with Crippen molar-refractivity contribution in [2.75, 3.05) is 13.2 Å². The van der Waals surface area contributed by atoms with Crippen molar-refractivity contribution in [2.24, 2.45) is 11.5 Å². The highest BCUT2D eigenvalue weighted by molar-refractivity contribution is 5.85. The first kappa shape index (κ1) is 16.0. The molecule has 0 bridgehead atoms. The van der Waals surface area contributed by atoms with Gasteiger partial charge in [-0.2, -0.15) is 0 Å². The van der Waals surface area contributed by atoms with Gasteiger partial charge in [-0.3, -0.25) is 0 Å². The summed E-state index contributed by atoms with van der Waals surface area (Å²) in [4.78, 5) is 0. The van der Waals surface area contributed by atoms with Crippen LogP contribution in [-0.4, -0.2) is 13.2 Å². The third-order valence-electron chi connectivity index (χ3n) is 1.57. The molecule has 0 heterocycles. The Bertz CT molecular complexity index is 246. The van der Waals surface area contributed by atoms with Gasteiger partial charge in [0.05, 0.1) is 0 Å². The Labute approximate surface area is 96.6 Å². The van der Waals surface area contributed by atoms with Gasteiger partial charge in [0.25, 0.3) is 0 Å². The minimum atomic E-state index is 0. The molecule has 0 aliphatic heterocycles. The van der Waals surface area contributed by atoms with Gasteiger partial charge in [-0.15, -0.1) is 24.8 Å². The molecule has 14 heavy (non-hydrogen) atoms. The molecule has 3 nitrogen and oxygen atoms in total. The van der Waals surface area contributed by atoms with Crippen molar-refractivity contribution in [2.45, 2.75) is 6.54 Å². The van der Waals surface area contributed by atoms with Crippen LogP contribution >= 0.6 is 24.8 Å². The predicted octanol–water partition coefficient (Wildman–Crippen LogP) is 1.33. The van der Waals surface area contributed by atoms with Gasteiger partial charge in [0, 0.05) is 18.7 Å². The first-order valence-corrected chi connectivity index (χ1v) is 3.99. The van der Waals surface area contributed by atoms with E-state index in [1.54, 1.807) is 0 Å². The van der Waals surface area contributed by atoms with Gasteiger partial charge in [-0.05, 0) is 6.07 Å².